The van der Waals surface area contributed by atoms with Crippen molar-refractivity contribution in [3.63, 3.8) is 0 Å². The molecule has 0 spiro atoms. The maximum atomic E-state index is 12.1. The van der Waals surface area contributed by atoms with E-state index in [-0.39, 0.29) is 12.0 Å². The van der Waals surface area contributed by atoms with Crippen LogP contribution >= 0.6 is 11.3 Å². The van der Waals surface area contributed by atoms with E-state index in [0.717, 1.165) is 32.5 Å². The second-order valence-electron chi connectivity index (χ2n) is 4.82. The van der Waals surface area contributed by atoms with Crippen LogP contribution in [0.4, 0.5) is 0 Å². The molecule has 1 saturated heterocycles. The quantitative estimate of drug-likeness (QED) is 0.860. The third-order valence-corrected chi connectivity index (χ3v) is 4.25. The summed E-state index contributed by atoms with van der Waals surface area (Å²) in [5, 5.41) is 5.18. The Kier molecular flexibility index (Phi) is 5.82. The number of likely N-dealkylation sites (N-methyl/N-ethyl adjacent to an activating group) is 1. The minimum atomic E-state index is 0.139. The van der Waals surface area contributed by atoms with Gasteiger partial charge in [-0.25, -0.2) is 0 Å². The Balaban J connectivity index is 1.70. The lowest BCUT2D eigenvalue weighted by Crippen LogP contribution is -2.48. The highest BCUT2D eigenvalue weighted by molar-refractivity contribution is 7.09. The molecule has 1 N–H and O–H groups in total. The van der Waals surface area contributed by atoms with Crippen molar-refractivity contribution in [3.05, 3.63) is 22.4 Å². The van der Waals surface area contributed by atoms with Crippen molar-refractivity contribution in [3.8, 4) is 0 Å². The zero-order valence-corrected chi connectivity index (χ0v) is 12.2. The largest absolute Gasteiger partial charge is 0.373 e. The molecule has 19 heavy (non-hydrogen) atoms. The minimum absolute atomic E-state index is 0.139. The zero-order valence-electron chi connectivity index (χ0n) is 11.4. The molecule has 1 unspecified atom stereocenters. The zero-order chi connectivity index (χ0) is 13.5. The van der Waals surface area contributed by atoms with E-state index >= 15 is 0 Å². The number of nitrogens with zero attached hydrogens (tertiary/aromatic N) is 1. The lowest BCUT2D eigenvalue weighted by Gasteiger charge is -2.33. The number of ether oxygens (including phenoxy) is 1. The van der Waals surface area contributed by atoms with Gasteiger partial charge in [-0.3, -0.25) is 4.79 Å². The number of carbonyl (C=O) groups excluding carboxylic acids is 1. The van der Waals surface area contributed by atoms with E-state index in [1.54, 1.807) is 11.3 Å². The van der Waals surface area contributed by atoms with Gasteiger partial charge in [-0.05, 0) is 31.3 Å². The van der Waals surface area contributed by atoms with Gasteiger partial charge in [0.1, 0.15) is 0 Å². The summed E-state index contributed by atoms with van der Waals surface area (Å²) in [6.45, 7) is 2.92. The van der Waals surface area contributed by atoms with Crippen LogP contribution in [0.2, 0.25) is 0 Å². The number of amides is 1. The van der Waals surface area contributed by atoms with E-state index < -0.39 is 0 Å². The molecule has 0 aromatic carbocycles. The summed E-state index contributed by atoms with van der Waals surface area (Å²) in [7, 11) is 1.91. The molecule has 4 nitrogen and oxygen atoms in total. The number of morpholine rings is 1. The fraction of sp³-hybridized carbons (Fsp3) is 0.643. The Morgan fingerprint density at radius 1 is 1.63 bits per heavy atom. The van der Waals surface area contributed by atoms with Crippen molar-refractivity contribution in [2.75, 3.05) is 33.3 Å². The maximum Gasteiger partial charge on any atom is 0.222 e. The second kappa shape index (κ2) is 7.62. The first-order valence-electron chi connectivity index (χ1n) is 6.86. The van der Waals surface area contributed by atoms with E-state index in [2.05, 4.69) is 22.8 Å². The Hall–Kier alpha value is -0.910. The molecule has 106 valence electrons. The molecule has 1 aliphatic rings. The Morgan fingerprint density at radius 3 is 3.26 bits per heavy atom. The van der Waals surface area contributed by atoms with Gasteiger partial charge >= 0.3 is 0 Å². The van der Waals surface area contributed by atoms with Crippen molar-refractivity contribution in [2.45, 2.75) is 25.4 Å². The summed E-state index contributed by atoms with van der Waals surface area (Å²) in [6.07, 6.45) is 2.73. The topological polar surface area (TPSA) is 41.6 Å². The van der Waals surface area contributed by atoms with Crippen LogP contribution in [-0.4, -0.2) is 50.2 Å². The third-order valence-electron chi connectivity index (χ3n) is 3.32. The monoisotopic (exact) mass is 282 g/mol. The first-order chi connectivity index (χ1) is 9.29. The Bertz CT molecular complexity index is 379. The molecule has 0 aliphatic carbocycles. The summed E-state index contributed by atoms with van der Waals surface area (Å²) in [5.74, 6) is 0.265. The molecule has 2 heterocycles. The predicted molar refractivity (Wildman–Crippen MR) is 77.5 cm³/mol. The van der Waals surface area contributed by atoms with Crippen LogP contribution in [0.5, 0.6) is 0 Å². The highest BCUT2D eigenvalue weighted by atomic mass is 32.1. The number of aryl methyl sites for hydroxylation is 1. The van der Waals surface area contributed by atoms with Gasteiger partial charge in [0.15, 0.2) is 0 Å². The molecule has 0 radical (unpaired) electrons. The average Bonchev–Trinajstić information content (AvgIpc) is 2.92. The SMILES string of the molecule is CNCC1CN(C(=O)CCCc2cccs2)CCO1. The van der Waals surface area contributed by atoms with Crippen molar-refractivity contribution in [1.82, 2.24) is 10.2 Å². The normalized spacial score (nSPS) is 19.6. The average molecular weight is 282 g/mol. The Labute approximate surface area is 118 Å². The number of carbonyl (C=O) groups is 1. The first-order valence-corrected chi connectivity index (χ1v) is 7.74. The molecular formula is C14H22N2O2S. The number of rotatable bonds is 6. The van der Waals surface area contributed by atoms with E-state index in [0.29, 0.717) is 13.0 Å². The highest BCUT2D eigenvalue weighted by Crippen LogP contribution is 2.13. The number of thiophene rings is 1. The lowest BCUT2D eigenvalue weighted by molar-refractivity contribution is -0.138. The smallest absolute Gasteiger partial charge is 0.222 e. The maximum absolute atomic E-state index is 12.1. The molecule has 1 aromatic heterocycles. The number of nitrogens with one attached hydrogen (secondary N) is 1. The molecule has 1 fully saturated rings. The third kappa shape index (κ3) is 4.60. The second-order valence-corrected chi connectivity index (χ2v) is 5.86. The molecule has 0 bridgehead atoms. The van der Waals surface area contributed by atoms with Crippen LogP contribution in [0.1, 0.15) is 17.7 Å². The minimum Gasteiger partial charge on any atom is -0.373 e. The van der Waals surface area contributed by atoms with Crippen LogP contribution in [0, 0.1) is 0 Å². The fourth-order valence-corrected chi connectivity index (χ4v) is 3.08. The molecule has 1 atom stereocenters. The van der Waals surface area contributed by atoms with Gasteiger partial charge in [-0.15, -0.1) is 11.3 Å². The van der Waals surface area contributed by atoms with Crippen molar-refractivity contribution < 1.29 is 9.53 Å². The van der Waals surface area contributed by atoms with Crippen molar-refractivity contribution in [2.24, 2.45) is 0 Å². The molecule has 1 amide bonds. The summed E-state index contributed by atoms with van der Waals surface area (Å²) < 4.78 is 5.61. The molecule has 2 rings (SSSR count). The first kappa shape index (κ1) is 14.5. The van der Waals surface area contributed by atoms with E-state index in [1.165, 1.54) is 4.88 Å². The van der Waals surface area contributed by atoms with Gasteiger partial charge in [0.25, 0.3) is 0 Å². The summed E-state index contributed by atoms with van der Waals surface area (Å²) >= 11 is 1.76. The summed E-state index contributed by atoms with van der Waals surface area (Å²) in [5.41, 5.74) is 0. The molecule has 1 aromatic rings. The molecule has 1 aliphatic heterocycles. The van der Waals surface area contributed by atoms with Gasteiger partial charge in [0, 0.05) is 30.9 Å². The molecule has 0 saturated carbocycles. The van der Waals surface area contributed by atoms with Crippen LogP contribution in [0.15, 0.2) is 17.5 Å². The van der Waals surface area contributed by atoms with Gasteiger partial charge in [0.05, 0.1) is 12.7 Å². The Morgan fingerprint density at radius 2 is 2.53 bits per heavy atom. The summed E-state index contributed by atoms with van der Waals surface area (Å²) in [4.78, 5) is 15.4. The van der Waals surface area contributed by atoms with Gasteiger partial charge in [0.2, 0.25) is 5.91 Å². The van der Waals surface area contributed by atoms with Crippen LogP contribution < -0.4 is 5.32 Å². The van der Waals surface area contributed by atoms with Gasteiger partial charge in [-0.2, -0.15) is 0 Å². The van der Waals surface area contributed by atoms with Crippen molar-refractivity contribution >= 4 is 17.2 Å². The number of hydrogen-bond acceptors (Lipinski definition) is 4. The predicted octanol–water partition coefficient (Wildman–Crippen LogP) is 1.52. The van der Waals surface area contributed by atoms with Gasteiger partial charge < -0.3 is 15.0 Å². The van der Waals surface area contributed by atoms with Crippen molar-refractivity contribution in [1.29, 1.82) is 0 Å². The lowest BCUT2D eigenvalue weighted by atomic mass is 10.2. The van der Waals surface area contributed by atoms with Crippen LogP contribution in [0.25, 0.3) is 0 Å². The van der Waals surface area contributed by atoms with E-state index in [4.69, 9.17) is 4.74 Å². The van der Waals surface area contributed by atoms with E-state index in [9.17, 15) is 4.79 Å². The fourth-order valence-electron chi connectivity index (χ4n) is 2.32. The molecular weight excluding hydrogens is 260 g/mol. The summed E-state index contributed by atoms with van der Waals surface area (Å²) in [6, 6.07) is 4.19. The van der Waals surface area contributed by atoms with Crippen LogP contribution in [0.3, 0.4) is 0 Å². The van der Waals surface area contributed by atoms with Crippen LogP contribution in [-0.2, 0) is 16.0 Å². The number of hydrogen-bond donors (Lipinski definition) is 1. The van der Waals surface area contributed by atoms with E-state index in [1.807, 2.05) is 11.9 Å². The van der Waals surface area contributed by atoms with Gasteiger partial charge in [-0.1, -0.05) is 6.07 Å². The highest BCUT2D eigenvalue weighted by Gasteiger charge is 2.23. The standard InChI is InChI=1S/C14H22N2O2S/c1-15-10-12-11-16(7-8-18-12)14(17)6-2-4-13-5-3-9-19-13/h3,5,9,12,15H,2,4,6-8,10-11H2,1H3. The molecule has 5 heteroatoms.